The first-order chi connectivity index (χ1) is 10.9. The molecule has 2 fully saturated rings. The Morgan fingerprint density at radius 1 is 1.13 bits per heavy atom. The SMILES string of the molecule is CC(C)[C@H]1CCC2C3CCC4=CC(=O)CC[C@]4(C)C3=CC[C@@]21C. The van der Waals surface area contributed by atoms with E-state index >= 15 is 0 Å². The Balaban J connectivity index is 1.73. The summed E-state index contributed by atoms with van der Waals surface area (Å²) in [4.78, 5) is 11.9. The second-order valence-electron chi connectivity index (χ2n) is 9.52. The molecule has 4 aliphatic carbocycles. The summed E-state index contributed by atoms with van der Waals surface area (Å²) in [6, 6.07) is 0. The van der Waals surface area contributed by atoms with Crippen LogP contribution in [-0.4, -0.2) is 5.78 Å². The highest BCUT2D eigenvalue weighted by Gasteiger charge is 2.56. The first-order valence-electron chi connectivity index (χ1n) is 9.80. The van der Waals surface area contributed by atoms with E-state index in [1.54, 1.807) is 5.57 Å². The summed E-state index contributed by atoms with van der Waals surface area (Å²) >= 11 is 0. The zero-order valence-electron chi connectivity index (χ0n) is 15.3. The lowest BCUT2D eigenvalue weighted by atomic mass is 9.51. The molecular formula is C22H32O. The third-order valence-corrected chi connectivity index (χ3v) is 8.21. The lowest BCUT2D eigenvalue weighted by Crippen LogP contribution is -2.45. The number of carbonyl (C=O) groups excluding carboxylic acids is 1. The number of hydrogen-bond donors (Lipinski definition) is 0. The third kappa shape index (κ3) is 2.07. The summed E-state index contributed by atoms with van der Waals surface area (Å²) in [6.07, 6.45) is 13.0. The zero-order valence-corrected chi connectivity index (χ0v) is 15.3. The Morgan fingerprint density at radius 3 is 2.65 bits per heavy atom. The Morgan fingerprint density at radius 2 is 1.91 bits per heavy atom. The molecule has 0 aromatic heterocycles. The van der Waals surface area contributed by atoms with Crippen molar-refractivity contribution in [1.82, 2.24) is 0 Å². The van der Waals surface area contributed by atoms with Gasteiger partial charge in [-0.25, -0.2) is 0 Å². The molecule has 0 saturated heterocycles. The van der Waals surface area contributed by atoms with Gasteiger partial charge < -0.3 is 0 Å². The highest BCUT2D eigenvalue weighted by molar-refractivity contribution is 5.92. The average molecular weight is 312 g/mol. The molecule has 0 spiro atoms. The molecule has 0 bridgehead atoms. The van der Waals surface area contributed by atoms with E-state index in [1.165, 1.54) is 31.3 Å². The molecule has 2 saturated carbocycles. The molecule has 0 radical (unpaired) electrons. The van der Waals surface area contributed by atoms with Crippen LogP contribution in [-0.2, 0) is 4.79 Å². The molecule has 0 aromatic rings. The van der Waals surface area contributed by atoms with Crippen molar-refractivity contribution in [2.75, 3.05) is 0 Å². The predicted molar refractivity (Wildman–Crippen MR) is 95.0 cm³/mol. The highest BCUT2D eigenvalue weighted by atomic mass is 16.1. The molecule has 4 aliphatic rings. The molecule has 0 amide bonds. The summed E-state index contributed by atoms with van der Waals surface area (Å²) < 4.78 is 0. The smallest absolute Gasteiger partial charge is 0.155 e. The molecule has 0 N–H and O–H groups in total. The van der Waals surface area contributed by atoms with E-state index in [9.17, 15) is 4.79 Å². The van der Waals surface area contributed by atoms with E-state index in [0.717, 1.165) is 42.9 Å². The van der Waals surface area contributed by atoms with Crippen molar-refractivity contribution >= 4 is 5.78 Å². The Labute approximate surface area is 141 Å². The van der Waals surface area contributed by atoms with Crippen molar-refractivity contribution in [3.05, 3.63) is 23.3 Å². The topological polar surface area (TPSA) is 17.1 Å². The van der Waals surface area contributed by atoms with Crippen molar-refractivity contribution in [3.63, 3.8) is 0 Å². The summed E-state index contributed by atoms with van der Waals surface area (Å²) in [5, 5.41) is 0. The van der Waals surface area contributed by atoms with Gasteiger partial charge in [0, 0.05) is 11.8 Å². The van der Waals surface area contributed by atoms with E-state index in [0.29, 0.717) is 11.2 Å². The normalized spacial score (nSPS) is 46.0. The molecule has 2 unspecified atom stereocenters. The number of fused-ring (bicyclic) bond motifs is 5. The van der Waals surface area contributed by atoms with Crippen LogP contribution >= 0.6 is 0 Å². The van der Waals surface area contributed by atoms with Crippen LogP contribution in [0.3, 0.4) is 0 Å². The summed E-state index contributed by atoms with van der Waals surface area (Å²) in [6.45, 7) is 9.86. The van der Waals surface area contributed by atoms with Gasteiger partial charge in [0.25, 0.3) is 0 Å². The third-order valence-electron chi connectivity index (χ3n) is 8.21. The summed E-state index contributed by atoms with van der Waals surface area (Å²) in [7, 11) is 0. The van der Waals surface area contributed by atoms with Crippen molar-refractivity contribution in [3.8, 4) is 0 Å². The van der Waals surface area contributed by atoms with E-state index in [2.05, 4.69) is 33.8 Å². The number of allylic oxidation sites excluding steroid dienone is 4. The van der Waals surface area contributed by atoms with Crippen LogP contribution in [0.5, 0.6) is 0 Å². The average Bonchev–Trinajstić information content (AvgIpc) is 2.85. The molecule has 126 valence electrons. The van der Waals surface area contributed by atoms with Crippen LogP contribution < -0.4 is 0 Å². The molecule has 23 heavy (non-hydrogen) atoms. The quantitative estimate of drug-likeness (QED) is 0.567. The molecule has 0 aromatic carbocycles. The van der Waals surface area contributed by atoms with Gasteiger partial charge in [0.2, 0.25) is 0 Å². The van der Waals surface area contributed by atoms with Crippen molar-refractivity contribution in [2.24, 2.45) is 34.5 Å². The fraction of sp³-hybridized carbons (Fsp3) is 0.773. The number of carbonyl (C=O) groups is 1. The van der Waals surface area contributed by atoms with Gasteiger partial charge in [-0.3, -0.25) is 4.79 Å². The van der Waals surface area contributed by atoms with E-state index in [4.69, 9.17) is 0 Å². The Kier molecular flexibility index (Phi) is 3.45. The van der Waals surface area contributed by atoms with Gasteiger partial charge in [0.1, 0.15) is 0 Å². The minimum atomic E-state index is 0.202. The van der Waals surface area contributed by atoms with Gasteiger partial charge in [-0.15, -0.1) is 0 Å². The van der Waals surface area contributed by atoms with E-state index in [-0.39, 0.29) is 5.41 Å². The Bertz CT molecular complexity index is 595. The van der Waals surface area contributed by atoms with Crippen LogP contribution in [0.4, 0.5) is 0 Å². The second kappa shape index (κ2) is 5.07. The first-order valence-corrected chi connectivity index (χ1v) is 9.80. The fourth-order valence-electron chi connectivity index (χ4n) is 6.99. The lowest BCUT2D eigenvalue weighted by Gasteiger charge is -2.54. The first kappa shape index (κ1) is 15.7. The summed E-state index contributed by atoms with van der Waals surface area (Å²) in [5.41, 5.74) is 3.88. The molecule has 0 aliphatic heterocycles. The van der Waals surface area contributed by atoms with Gasteiger partial charge in [-0.05, 0) is 73.7 Å². The van der Waals surface area contributed by atoms with Gasteiger partial charge in [0.15, 0.2) is 5.78 Å². The molecule has 4 rings (SSSR count). The largest absolute Gasteiger partial charge is 0.295 e. The number of ketones is 1. The van der Waals surface area contributed by atoms with Gasteiger partial charge >= 0.3 is 0 Å². The van der Waals surface area contributed by atoms with Crippen molar-refractivity contribution in [1.29, 1.82) is 0 Å². The minimum Gasteiger partial charge on any atom is -0.295 e. The van der Waals surface area contributed by atoms with Crippen LogP contribution in [0.2, 0.25) is 0 Å². The predicted octanol–water partition coefficient (Wildman–Crippen LogP) is 5.71. The highest BCUT2D eigenvalue weighted by Crippen LogP contribution is 2.65. The maximum Gasteiger partial charge on any atom is 0.155 e. The maximum atomic E-state index is 11.9. The maximum absolute atomic E-state index is 11.9. The van der Waals surface area contributed by atoms with Crippen LogP contribution in [0.25, 0.3) is 0 Å². The van der Waals surface area contributed by atoms with Gasteiger partial charge in [-0.2, -0.15) is 0 Å². The molecule has 0 heterocycles. The standard InChI is InChI=1S/C22H32O/c1-14(2)18-7-8-19-17-6-5-15-13-16(23)9-11-21(15,3)20(17)10-12-22(18,19)4/h10,13-14,17-19H,5-9,11-12H2,1-4H3/t17?,18-,19?,21+,22-/m1/s1. The van der Waals surface area contributed by atoms with Crippen molar-refractivity contribution < 1.29 is 4.79 Å². The monoisotopic (exact) mass is 312 g/mol. The molecule has 1 heteroatoms. The zero-order chi connectivity index (χ0) is 16.4. The molecular weight excluding hydrogens is 280 g/mol. The second-order valence-corrected chi connectivity index (χ2v) is 9.52. The fourth-order valence-corrected chi connectivity index (χ4v) is 6.99. The molecule has 5 atom stereocenters. The van der Waals surface area contributed by atoms with Crippen LogP contribution in [0.1, 0.15) is 72.6 Å². The van der Waals surface area contributed by atoms with Crippen LogP contribution in [0.15, 0.2) is 23.3 Å². The van der Waals surface area contributed by atoms with E-state index in [1.807, 2.05) is 6.08 Å². The molecule has 1 nitrogen and oxygen atoms in total. The van der Waals surface area contributed by atoms with Gasteiger partial charge in [-0.1, -0.05) is 44.9 Å². The van der Waals surface area contributed by atoms with Gasteiger partial charge in [0.05, 0.1) is 0 Å². The minimum absolute atomic E-state index is 0.202. The lowest BCUT2D eigenvalue weighted by molar-refractivity contribution is -0.115. The Hall–Kier alpha value is -0.850. The number of hydrogen-bond acceptors (Lipinski definition) is 1. The van der Waals surface area contributed by atoms with E-state index < -0.39 is 0 Å². The number of rotatable bonds is 1. The van der Waals surface area contributed by atoms with Crippen LogP contribution in [0, 0.1) is 34.5 Å². The summed E-state index contributed by atoms with van der Waals surface area (Å²) in [5.74, 6) is 3.72. The van der Waals surface area contributed by atoms with Crippen molar-refractivity contribution in [2.45, 2.75) is 72.6 Å².